The number of morpholine rings is 1. The molecule has 2 heterocycles. The van der Waals surface area contributed by atoms with E-state index in [0.29, 0.717) is 60.9 Å². The molecule has 0 N–H and O–H groups in total. The van der Waals surface area contributed by atoms with Crippen LogP contribution in [0, 0.1) is 11.6 Å². The van der Waals surface area contributed by atoms with E-state index in [-0.39, 0.29) is 30.0 Å². The second-order valence-corrected chi connectivity index (χ2v) is 9.97. The number of methoxy groups -OCH3 is 1. The molecule has 2 amide bonds. The lowest BCUT2D eigenvalue weighted by molar-refractivity contribution is -0.133. The summed E-state index contributed by atoms with van der Waals surface area (Å²) in [4.78, 5) is 31.2. The molecule has 0 aromatic heterocycles. The number of carbonyl (C=O) groups excluding carboxylic acids is 2. The summed E-state index contributed by atoms with van der Waals surface area (Å²) in [6.07, 6.45) is 0.364. The minimum absolute atomic E-state index is 0.201. The predicted molar refractivity (Wildman–Crippen MR) is 150 cm³/mol. The zero-order valence-electron chi connectivity index (χ0n) is 22.8. The second-order valence-electron chi connectivity index (χ2n) is 9.97. The lowest BCUT2D eigenvalue weighted by atomic mass is 9.98. The van der Waals surface area contributed by atoms with Crippen LogP contribution in [0.25, 0.3) is 0 Å². The van der Waals surface area contributed by atoms with E-state index in [1.165, 1.54) is 34.2 Å². The van der Waals surface area contributed by atoms with Crippen molar-refractivity contribution in [2.75, 3.05) is 53.0 Å². The Morgan fingerprint density at radius 1 is 0.951 bits per heavy atom. The van der Waals surface area contributed by atoms with Crippen LogP contribution in [0.2, 0.25) is 0 Å². The van der Waals surface area contributed by atoms with Crippen molar-refractivity contribution < 1.29 is 27.8 Å². The van der Waals surface area contributed by atoms with Crippen molar-refractivity contribution in [3.8, 4) is 5.75 Å². The van der Waals surface area contributed by atoms with Crippen molar-refractivity contribution in [3.05, 3.63) is 101 Å². The number of halogens is 2. The van der Waals surface area contributed by atoms with Crippen molar-refractivity contribution >= 4 is 17.5 Å². The molecule has 0 bridgehead atoms. The van der Waals surface area contributed by atoms with Gasteiger partial charge in [0.2, 0.25) is 0 Å². The highest BCUT2D eigenvalue weighted by Gasteiger charge is 2.34. The molecule has 3 aromatic rings. The molecule has 8 nitrogen and oxygen atoms in total. The molecule has 5 rings (SSSR count). The third kappa shape index (κ3) is 6.96. The van der Waals surface area contributed by atoms with Gasteiger partial charge in [-0.15, -0.1) is 0 Å². The first kappa shape index (κ1) is 28.4. The number of nitrogens with zero attached hydrogens (tertiary/aromatic N) is 4. The van der Waals surface area contributed by atoms with E-state index in [2.05, 4.69) is 10.0 Å². The van der Waals surface area contributed by atoms with Crippen LogP contribution in [-0.2, 0) is 9.53 Å². The molecular weight excluding hydrogens is 530 g/mol. The molecule has 0 unspecified atom stereocenters. The predicted octanol–water partition coefficient (Wildman–Crippen LogP) is 4.13. The average Bonchev–Trinajstić information content (AvgIpc) is 3.46. The minimum atomic E-state index is -0.500. The Balaban J connectivity index is 1.40. The normalized spacial score (nSPS) is 17.3. The summed E-state index contributed by atoms with van der Waals surface area (Å²) in [6, 6.07) is 18.1. The average molecular weight is 563 g/mol. The number of amides is 2. The van der Waals surface area contributed by atoms with Crippen LogP contribution in [0.1, 0.15) is 33.9 Å². The Labute approximate surface area is 237 Å². The Kier molecular flexibility index (Phi) is 9.01. The maximum atomic E-state index is 13.9. The minimum Gasteiger partial charge on any atom is -0.497 e. The Morgan fingerprint density at radius 3 is 2.22 bits per heavy atom. The van der Waals surface area contributed by atoms with Gasteiger partial charge in [0.05, 0.1) is 32.1 Å². The number of hydrogen-bond donors (Lipinski definition) is 0. The van der Waals surface area contributed by atoms with E-state index in [1.807, 2.05) is 0 Å². The lowest BCUT2D eigenvalue weighted by Gasteiger charge is -2.31. The molecule has 2 aliphatic heterocycles. The Bertz CT molecular complexity index is 1370. The third-order valence-electron chi connectivity index (χ3n) is 7.34. The van der Waals surface area contributed by atoms with E-state index in [9.17, 15) is 18.4 Å². The smallest absolute Gasteiger partial charge is 0.262 e. The molecule has 2 aliphatic rings. The van der Waals surface area contributed by atoms with Gasteiger partial charge in [-0.05, 0) is 59.7 Å². The number of carbonyl (C=O) groups is 2. The molecule has 0 radical (unpaired) electrons. The molecule has 1 saturated heterocycles. The first-order valence-electron chi connectivity index (χ1n) is 13.6. The molecule has 214 valence electrons. The highest BCUT2D eigenvalue weighted by atomic mass is 19.1. The number of benzene rings is 3. The van der Waals surface area contributed by atoms with Crippen LogP contribution in [0.4, 0.5) is 8.78 Å². The number of ether oxygens (including phenoxy) is 2. The van der Waals surface area contributed by atoms with Crippen molar-refractivity contribution in [1.29, 1.82) is 0 Å². The van der Waals surface area contributed by atoms with Gasteiger partial charge in [-0.3, -0.25) is 14.5 Å². The zero-order chi connectivity index (χ0) is 28.8. The van der Waals surface area contributed by atoms with Gasteiger partial charge >= 0.3 is 0 Å². The fourth-order valence-electron chi connectivity index (χ4n) is 4.99. The molecule has 3 aromatic carbocycles. The van der Waals surface area contributed by atoms with Gasteiger partial charge in [-0.2, -0.15) is 5.10 Å². The quantitative estimate of drug-likeness (QED) is 0.392. The van der Waals surface area contributed by atoms with E-state index in [1.54, 1.807) is 55.6 Å². The van der Waals surface area contributed by atoms with Gasteiger partial charge in [-0.25, -0.2) is 13.8 Å². The Hall–Kier alpha value is -4.15. The molecule has 41 heavy (non-hydrogen) atoms. The summed E-state index contributed by atoms with van der Waals surface area (Å²) in [6.45, 7) is 3.47. The first-order valence-corrected chi connectivity index (χ1v) is 13.6. The van der Waals surface area contributed by atoms with E-state index >= 15 is 0 Å². The number of rotatable bonds is 9. The fraction of sp³-hybridized carbons (Fsp3) is 0.323. The standard InChI is InChI=1S/C31H32F2N4O4/c1-40-27-12-6-24(7-13-27)31(39)36(15-14-35-16-18-41-19-17-35)21-30(38)37-29(23-4-10-26(33)11-5-23)20-28(34-37)22-2-8-25(32)9-3-22/h2-13,29H,14-21H2,1H3/t29-/m1/s1. The first-order chi connectivity index (χ1) is 19.9. The van der Waals surface area contributed by atoms with Gasteiger partial charge in [0.1, 0.15) is 23.9 Å². The topological polar surface area (TPSA) is 74.7 Å². The molecule has 1 fully saturated rings. The lowest BCUT2D eigenvalue weighted by Crippen LogP contribution is -2.46. The molecular formula is C31H32F2N4O4. The third-order valence-corrected chi connectivity index (χ3v) is 7.34. The number of hydrazone groups is 1. The molecule has 0 saturated carbocycles. The Morgan fingerprint density at radius 2 is 1.59 bits per heavy atom. The summed E-state index contributed by atoms with van der Waals surface area (Å²) in [7, 11) is 1.55. The van der Waals surface area contributed by atoms with Gasteiger partial charge in [0.15, 0.2) is 0 Å². The monoisotopic (exact) mass is 562 g/mol. The fourth-order valence-corrected chi connectivity index (χ4v) is 4.99. The van der Waals surface area contributed by atoms with Crippen LogP contribution < -0.4 is 4.74 Å². The highest BCUT2D eigenvalue weighted by molar-refractivity contribution is 6.03. The van der Waals surface area contributed by atoms with Crippen molar-refractivity contribution in [1.82, 2.24) is 14.8 Å². The summed E-state index contributed by atoms with van der Waals surface area (Å²) in [5.74, 6) is -0.791. The van der Waals surface area contributed by atoms with Crippen LogP contribution in [0.15, 0.2) is 77.9 Å². The molecule has 0 aliphatic carbocycles. The highest BCUT2D eigenvalue weighted by Crippen LogP contribution is 2.33. The van der Waals surface area contributed by atoms with Gasteiger partial charge in [-0.1, -0.05) is 24.3 Å². The van der Waals surface area contributed by atoms with E-state index in [0.717, 1.165) is 13.1 Å². The van der Waals surface area contributed by atoms with Crippen molar-refractivity contribution in [3.63, 3.8) is 0 Å². The zero-order valence-corrected chi connectivity index (χ0v) is 22.8. The maximum Gasteiger partial charge on any atom is 0.262 e. The summed E-state index contributed by atoms with van der Waals surface area (Å²) in [5.41, 5.74) is 2.44. The molecule has 10 heteroatoms. The van der Waals surface area contributed by atoms with E-state index < -0.39 is 6.04 Å². The van der Waals surface area contributed by atoms with Crippen LogP contribution in [0.3, 0.4) is 0 Å². The van der Waals surface area contributed by atoms with Crippen LogP contribution >= 0.6 is 0 Å². The maximum absolute atomic E-state index is 13.9. The van der Waals surface area contributed by atoms with Crippen LogP contribution in [-0.4, -0.2) is 85.4 Å². The van der Waals surface area contributed by atoms with Gasteiger partial charge in [0.25, 0.3) is 11.8 Å². The molecule has 1 atom stereocenters. The largest absolute Gasteiger partial charge is 0.497 e. The molecule has 0 spiro atoms. The summed E-state index contributed by atoms with van der Waals surface area (Å²) < 4.78 is 37.9. The van der Waals surface area contributed by atoms with E-state index in [4.69, 9.17) is 9.47 Å². The number of hydrogen-bond acceptors (Lipinski definition) is 6. The van der Waals surface area contributed by atoms with Gasteiger partial charge < -0.3 is 14.4 Å². The summed E-state index contributed by atoms with van der Waals surface area (Å²) >= 11 is 0. The van der Waals surface area contributed by atoms with Crippen LogP contribution in [0.5, 0.6) is 5.75 Å². The van der Waals surface area contributed by atoms with Crippen molar-refractivity contribution in [2.24, 2.45) is 5.10 Å². The second kappa shape index (κ2) is 13.0. The van der Waals surface area contributed by atoms with Gasteiger partial charge in [0, 0.05) is 38.2 Å². The SMILES string of the molecule is COc1ccc(C(=O)N(CCN2CCOCC2)CC(=O)N2N=C(c3ccc(F)cc3)C[C@@H]2c2ccc(F)cc2)cc1. The van der Waals surface area contributed by atoms with Crippen molar-refractivity contribution in [2.45, 2.75) is 12.5 Å². The summed E-state index contributed by atoms with van der Waals surface area (Å²) in [5, 5.41) is 6.00.